The van der Waals surface area contributed by atoms with Crippen LogP contribution in [-0.4, -0.2) is 10.9 Å². The van der Waals surface area contributed by atoms with Gasteiger partial charge in [0.2, 0.25) is 5.91 Å². The van der Waals surface area contributed by atoms with Gasteiger partial charge in [-0.3, -0.25) is 9.78 Å². The smallest absolute Gasteiger partial charge is 0.249 e. The standard InChI is InChI=1S/C15H12N2O/c1-9-10-6-4-7-12(15(16)18)14(10)11-5-2-3-8-13(11)17-9/h2-8H,1H3,(H2,16,18). The Morgan fingerprint density at radius 3 is 2.56 bits per heavy atom. The first-order valence-corrected chi connectivity index (χ1v) is 5.76. The Balaban J connectivity index is 2.64. The Bertz CT molecular complexity index is 778. The summed E-state index contributed by atoms with van der Waals surface area (Å²) in [6.07, 6.45) is 0. The number of hydrogen-bond acceptors (Lipinski definition) is 2. The van der Waals surface area contributed by atoms with Crippen molar-refractivity contribution in [3.05, 3.63) is 53.7 Å². The van der Waals surface area contributed by atoms with E-state index in [9.17, 15) is 4.79 Å². The summed E-state index contributed by atoms with van der Waals surface area (Å²) in [6, 6.07) is 13.4. The van der Waals surface area contributed by atoms with E-state index in [1.165, 1.54) is 0 Å². The van der Waals surface area contributed by atoms with E-state index < -0.39 is 5.91 Å². The van der Waals surface area contributed by atoms with Gasteiger partial charge in [0.05, 0.1) is 5.52 Å². The van der Waals surface area contributed by atoms with Crippen LogP contribution in [0.3, 0.4) is 0 Å². The van der Waals surface area contributed by atoms with E-state index in [0.29, 0.717) is 5.56 Å². The van der Waals surface area contributed by atoms with Crippen LogP contribution in [0.5, 0.6) is 0 Å². The summed E-state index contributed by atoms with van der Waals surface area (Å²) >= 11 is 0. The molecular formula is C15H12N2O. The Hall–Kier alpha value is -2.42. The van der Waals surface area contributed by atoms with Crippen molar-refractivity contribution in [2.75, 3.05) is 0 Å². The van der Waals surface area contributed by atoms with Crippen molar-refractivity contribution in [2.24, 2.45) is 5.73 Å². The molecule has 2 N–H and O–H groups in total. The molecule has 0 radical (unpaired) electrons. The van der Waals surface area contributed by atoms with Gasteiger partial charge in [0, 0.05) is 27.4 Å². The molecule has 3 rings (SSSR count). The lowest BCUT2D eigenvalue weighted by Gasteiger charge is -2.09. The number of fused-ring (bicyclic) bond motifs is 3. The van der Waals surface area contributed by atoms with E-state index >= 15 is 0 Å². The zero-order chi connectivity index (χ0) is 12.7. The van der Waals surface area contributed by atoms with Gasteiger partial charge in [0.1, 0.15) is 0 Å². The number of nitrogens with two attached hydrogens (primary N) is 1. The van der Waals surface area contributed by atoms with E-state index in [4.69, 9.17) is 5.73 Å². The topological polar surface area (TPSA) is 56.0 Å². The molecule has 3 aromatic rings. The number of aryl methyl sites for hydroxylation is 1. The van der Waals surface area contributed by atoms with Crippen molar-refractivity contribution >= 4 is 27.6 Å². The summed E-state index contributed by atoms with van der Waals surface area (Å²) in [5.41, 5.74) is 7.81. The lowest BCUT2D eigenvalue weighted by atomic mass is 9.99. The number of amides is 1. The first-order chi connectivity index (χ1) is 8.68. The first kappa shape index (κ1) is 10.7. The molecular weight excluding hydrogens is 224 g/mol. The average molecular weight is 236 g/mol. The molecule has 0 saturated carbocycles. The van der Waals surface area contributed by atoms with Gasteiger partial charge in [-0.2, -0.15) is 0 Å². The SMILES string of the molecule is Cc1nc2ccccc2c2c(C(N)=O)cccc12. The molecule has 0 aliphatic heterocycles. The molecule has 1 amide bonds. The Morgan fingerprint density at radius 2 is 1.78 bits per heavy atom. The number of pyridine rings is 1. The molecule has 3 nitrogen and oxygen atoms in total. The molecule has 0 unspecified atom stereocenters. The highest BCUT2D eigenvalue weighted by atomic mass is 16.1. The van der Waals surface area contributed by atoms with Crippen LogP contribution in [-0.2, 0) is 0 Å². The fraction of sp³-hybridized carbons (Fsp3) is 0.0667. The molecule has 0 aliphatic carbocycles. The van der Waals surface area contributed by atoms with E-state index in [1.54, 1.807) is 6.07 Å². The van der Waals surface area contributed by atoms with Crippen LogP contribution in [0.15, 0.2) is 42.5 Å². The quantitative estimate of drug-likeness (QED) is 0.660. The van der Waals surface area contributed by atoms with Gasteiger partial charge >= 0.3 is 0 Å². The third-order valence-electron chi connectivity index (χ3n) is 3.18. The summed E-state index contributed by atoms with van der Waals surface area (Å²) in [5, 5.41) is 2.84. The van der Waals surface area contributed by atoms with Crippen LogP contribution in [0, 0.1) is 6.92 Å². The largest absolute Gasteiger partial charge is 0.366 e. The molecule has 1 aromatic heterocycles. The van der Waals surface area contributed by atoms with Gasteiger partial charge < -0.3 is 5.73 Å². The number of aromatic nitrogens is 1. The second kappa shape index (κ2) is 3.81. The molecule has 0 spiro atoms. The van der Waals surface area contributed by atoms with E-state index in [1.807, 2.05) is 43.3 Å². The van der Waals surface area contributed by atoms with Gasteiger partial charge in [-0.1, -0.05) is 30.3 Å². The van der Waals surface area contributed by atoms with Crippen molar-refractivity contribution < 1.29 is 4.79 Å². The monoisotopic (exact) mass is 236 g/mol. The van der Waals surface area contributed by atoms with Crippen LogP contribution in [0.2, 0.25) is 0 Å². The predicted octanol–water partition coefficient (Wildman–Crippen LogP) is 2.80. The zero-order valence-electron chi connectivity index (χ0n) is 9.97. The lowest BCUT2D eigenvalue weighted by Crippen LogP contribution is -2.11. The Kier molecular flexibility index (Phi) is 2.27. The van der Waals surface area contributed by atoms with Gasteiger partial charge in [-0.25, -0.2) is 0 Å². The third kappa shape index (κ3) is 1.44. The summed E-state index contributed by atoms with van der Waals surface area (Å²) < 4.78 is 0. The maximum Gasteiger partial charge on any atom is 0.249 e. The molecule has 88 valence electrons. The summed E-state index contributed by atoms with van der Waals surface area (Å²) in [6.45, 7) is 1.94. The number of carbonyl (C=O) groups is 1. The van der Waals surface area contributed by atoms with E-state index in [2.05, 4.69) is 4.98 Å². The van der Waals surface area contributed by atoms with Crippen LogP contribution in [0.25, 0.3) is 21.7 Å². The second-order valence-corrected chi connectivity index (χ2v) is 4.31. The fourth-order valence-electron chi connectivity index (χ4n) is 2.37. The van der Waals surface area contributed by atoms with Gasteiger partial charge in [-0.05, 0) is 19.1 Å². The van der Waals surface area contributed by atoms with Gasteiger partial charge in [0.15, 0.2) is 0 Å². The molecule has 0 saturated heterocycles. The molecule has 18 heavy (non-hydrogen) atoms. The van der Waals surface area contributed by atoms with E-state index in [-0.39, 0.29) is 0 Å². The molecule has 0 aliphatic rings. The maximum absolute atomic E-state index is 11.6. The highest BCUT2D eigenvalue weighted by Gasteiger charge is 2.11. The third-order valence-corrected chi connectivity index (χ3v) is 3.18. The molecule has 3 heteroatoms. The minimum absolute atomic E-state index is 0.406. The zero-order valence-corrected chi connectivity index (χ0v) is 9.97. The Morgan fingerprint density at radius 1 is 1.06 bits per heavy atom. The van der Waals surface area contributed by atoms with Crippen molar-refractivity contribution in [1.29, 1.82) is 0 Å². The molecule has 0 bridgehead atoms. The summed E-state index contributed by atoms with van der Waals surface area (Å²) in [7, 11) is 0. The minimum Gasteiger partial charge on any atom is -0.366 e. The van der Waals surface area contributed by atoms with E-state index in [0.717, 1.165) is 27.4 Å². The predicted molar refractivity (Wildman–Crippen MR) is 72.5 cm³/mol. The number of carbonyl (C=O) groups excluding carboxylic acids is 1. The normalized spacial score (nSPS) is 10.9. The summed E-state index contributed by atoms with van der Waals surface area (Å²) in [5.74, 6) is -0.406. The van der Waals surface area contributed by atoms with Crippen LogP contribution in [0.4, 0.5) is 0 Å². The van der Waals surface area contributed by atoms with Crippen LogP contribution >= 0.6 is 0 Å². The van der Waals surface area contributed by atoms with Gasteiger partial charge in [0.25, 0.3) is 0 Å². The first-order valence-electron chi connectivity index (χ1n) is 5.76. The molecule has 0 atom stereocenters. The number of benzene rings is 2. The van der Waals surface area contributed by atoms with Gasteiger partial charge in [-0.15, -0.1) is 0 Å². The second-order valence-electron chi connectivity index (χ2n) is 4.31. The van der Waals surface area contributed by atoms with Crippen LogP contribution < -0.4 is 5.73 Å². The number of hydrogen-bond donors (Lipinski definition) is 1. The maximum atomic E-state index is 11.6. The Labute approximate surface area is 104 Å². The van der Waals surface area contributed by atoms with Crippen molar-refractivity contribution in [2.45, 2.75) is 6.92 Å². The molecule has 0 fully saturated rings. The highest BCUT2D eigenvalue weighted by Crippen LogP contribution is 2.28. The minimum atomic E-state index is -0.406. The number of nitrogens with zero attached hydrogens (tertiary/aromatic N) is 1. The number of rotatable bonds is 1. The van der Waals surface area contributed by atoms with Crippen molar-refractivity contribution in [3.8, 4) is 0 Å². The average Bonchev–Trinajstić information content (AvgIpc) is 2.38. The fourth-order valence-corrected chi connectivity index (χ4v) is 2.37. The number of primary amides is 1. The highest BCUT2D eigenvalue weighted by molar-refractivity contribution is 6.17. The summed E-state index contributed by atoms with van der Waals surface area (Å²) in [4.78, 5) is 16.1. The van der Waals surface area contributed by atoms with Crippen molar-refractivity contribution in [1.82, 2.24) is 4.98 Å². The lowest BCUT2D eigenvalue weighted by molar-refractivity contribution is 0.100. The molecule has 1 heterocycles. The number of para-hydroxylation sites is 1. The van der Waals surface area contributed by atoms with Crippen molar-refractivity contribution in [3.63, 3.8) is 0 Å². The van der Waals surface area contributed by atoms with Crippen LogP contribution in [0.1, 0.15) is 16.1 Å². The molecule has 2 aromatic carbocycles.